The summed E-state index contributed by atoms with van der Waals surface area (Å²) in [6, 6.07) is 77.0. The van der Waals surface area contributed by atoms with Gasteiger partial charge in [-0.1, -0.05) is 188 Å². The van der Waals surface area contributed by atoms with Gasteiger partial charge in [0.25, 0.3) is 0 Å². The molecule has 0 bridgehead atoms. The second kappa shape index (κ2) is 12.6. The molecule has 59 heavy (non-hydrogen) atoms. The summed E-state index contributed by atoms with van der Waals surface area (Å²) in [6.07, 6.45) is 0. The van der Waals surface area contributed by atoms with E-state index in [1.54, 1.807) is 0 Å². The molecular weight excluding hydrogens is 729 g/mol. The molecule has 0 saturated heterocycles. The molecule has 0 fully saturated rings. The van der Waals surface area contributed by atoms with Crippen LogP contribution in [-0.4, -0.2) is 0 Å². The van der Waals surface area contributed by atoms with Crippen molar-refractivity contribution in [1.82, 2.24) is 0 Å². The fourth-order valence-corrected chi connectivity index (χ4v) is 11.5. The molecule has 0 nitrogen and oxygen atoms in total. The van der Waals surface area contributed by atoms with Gasteiger partial charge in [0.2, 0.25) is 0 Å². The van der Waals surface area contributed by atoms with E-state index in [1.165, 1.54) is 130 Å². The third-order valence-electron chi connectivity index (χ3n) is 12.8. The molecule has 0 aliphatic heterocycles. The maximum atomic E-state index is 2.44. The molecule has 0 saturated carbocycles. The average molecular weight is 763 g/mol. The lowest BCUT2D eigenvalue weighted by molar-refractivity contribution is 1.65. The highest BCUT2D eigenvalue weighted by atomic mass is 32.1. The molecule has 0 N–H and O–H groups in total. The maximum absolute atomic E-state index is 2.44. The van der Waals surface area contributed by atoms with Crippen molar-refractivity contribution in [1.29, 1.82) is 0 Å². The van der Waals surface area contributed by atoms with E-state index < -0.39 is 0 Å². The number of hydrogen-bond acceptors (Lipinski definition) is 1. The van der Waals surface area contributed by atoms with Gasteiger partial charge in [0.15, 0.2) is 0 Å². The van der Waals surface area contributed by atoms with Crippen LogP contribution < -0.4 is 0 Å². The zero-order valence-corrected chi connectivity index (χ0v) is 32.9. The minimum absolute atomic E-state index is 1.23. The zero-order chi connectivity index (χ0) is 38.6. The smallest absolute Gasteiger partial charge is 0.0434 e. The summed E-state index contributed by atoms with van der Waals surface area (Å²) in [7, 11) is 0. The van der Waals surface area contributed by atoms with Crippen LogP contribution in [0, 0.1) is 0 Å². The van der Waals surface area contributed by atoms with Gasteiger partial charge in [-0.25, -0.2) is 0 Å². The molecule has 1 heteroatoms. The van der Waals surface area contributed by atoms with E-state index in [-0.39, 0.29) is 0 Å². The first-order valence-corrected chi connectivity index (χ1v) is 21.2. The Morgan fingerprint density at radius 3 is 1.42 bits per heavy atom. The first-order valence-electron chi connectivity index (χ1n) is 20.4. The molecule has 0 radical (unpaired) electrons. The highest BCUT2D eigenvalue weighted by molar-refractivity contribution is 7.26. The molecule has 1 aliphatic carbocycles. The third-order valence-corrected chi connectivity index (χ3v) is 14.0. The highest BCUT2D eigenvalue weighted by Crippen LogP contribution is 2.60. The van der Waals surface area contributed by atoms with Crippen LogP contribution in [0.15, 0.2) is 206 Å². The standard InChI is InChI=1S/C58H34S/c1-2-15-35(16-3-1)38-33-50(58-51(34-38)42-23-10-11-30-52(42)59-58)41-31-32-49-53-45(41)28-14-29-48(53)56-54(43-26-12-19-36-17-4-6-21-39(36)43)46-24-8-9-25-47(46)55(57(49)56)44-27-13-20-37-18-5-7-22-40(37)44/h1-34H. The summed E-state index contributed by atoms with van der Waals surface area (Å²) in [5, 5.41) is 12.9. The average Bonchev–Trinajstić information content (AvgIpc) is 3.85. The van der Waals surface area contributed by atoms with Crippen molar-refractivity contribution >= 4 is 74.6 Å². The minimum Gasteiger partial charge on any atom is -0.135 e. The fraction of sp³-hybridized carbons (Fsp3) is 0. The third kappa shape index (κ3) is 4.71. The molecule has 11 aromatic carbocycles. The fourth-order valence-electron chi connectivity index (χ4n) is 10.3. The van der Waals surface area contributed by atoms with E-state index in [4.69, 9.17) is 0 Å². The largest absolute Gasteiger partial charge is 0.135 e. The van der Waals surface area contributed by atoms with Gasteiger partial charge in [-0.05, 0) is 122 Å². The number of rotatable bonds is 4. The summed E-state index contributed by atoms with van der Waals surface area (Å²) < 4.78 is 2.65. The van der Waals surface area contributed by atoms with Crippen molar-refractivity contribution in [2.45, 2.75) is 0 Å². The molecule has 0 spiro atoms. The molecule has 0 unspecified atom stereocenters. The lowest BCUT2D eigenvalue weighted by atomic mass is 9.81. The monoisotopic (exact) mass is 762 g/mol. The van der Waals surface area contributed by atoms with Crippen LogP contribution in [-0.2, 0) is 0 Å². The van der Waals surface area contributed by atoms with Gasteiger partial charge in [0, 0.05) is 25.7 Å². The first kappa shape index (κ1) is 32.7. The molecule has 272 valence electrons. The Morgan fingerprint density at radius 2 is 0.746 bits per heavy atom. The molecule has 1 heterocycles. The summed E-state index contributed by atoms with van der Waals surface area (Å²) in [5.74, 6) is 0. The second-order valence-electron chi connectivity index (χ2n) is 15.9. The second-order valence-corrected chi connectivity index (χ2v) is 16.9. The maximum Gasteiger partial charge on any atom is 0.0434 e. The normalized spacial score (nSPS) is 12.1. The molecule has 1 aliphatic rings. The van der Waals surface area contributed by atoms with Crippen LogP contribution in [0.4, 0.5) is 0 Å². The summed E-state index contributed by atoms with van der Waals surface area (Å²) >= 11 is 1.91. The van der Waals surface area contributed by atoms with Gasteiger partial charge in [0.05, 0.1) is 0 Å². The number of benzene rings is 11. The van der Waals surface area contributed by atoms with Crippen LogP contribution in [0.3, 0.4) is 0 Å². The van der Waals surface area contributed by atoms with Gasteiger partial charge in [-0.2, -0.15) is 0 Å². The SMILES string of the molecule is c1ccc(-c2cc(-c3ccc4c5c(cccc35)-c3c-4c(-c4cccc5ccccc45)c4ccccc4c3-c3cccc4ccccc34)c3sc4ccccc4c3c2)cc1. The number of fused-ring (bicyclic) bond motifs is 9. The van der Waals surface area contributed by atoms with Crippen LogP contribution >= 0.6 is 11.3 Å². The van der Waals surface area contributed by atoms with E-state index in [0.29, 0.717) is 0 Å². The lowest BCUT2D eigenvalue weighted by Gasteiger charge is -2.22. The molecular formula is C58H34S. The van der Waals surface area contributed by atoms with Crippen molar-refractivity contribution in [2.75, 3.05) is 0 Å². The topological polar surface area (TPSA) is 0 Å². The Labute approximate surface area is 345 Å². The van der Waals surface area contributed by atoms with Crippen molar-refractivity contribution in [3.05, 3.63) is 206 Å². The molecule has 12 aromatic rings. The Morgan fingerprint density at radius 1 is 0.254 bits per heavy atom. The van der Waals surface area contributed by atoms with Crippen molar-refractivity contribution < 1.29 is 0 Å². The van der Waals surface area contributed by atoms with E-state index in [0.717, 1.165) is 0 Å². The predicted octanol–water partition coefficient (Wildman–Crippen LogP) is 17.0. The van der Waals surface area contributed by atoms with Crippen LogP contribution in [0.25, 0.3) is 130 Å². The van der Waals surface area contributed by atoms with Crippen molar-refractivity contribution in [2.24, 2.45) is 0 Å². The van der Waals surface area contributed by atoms with Gasteiger partial charge in [-0.15, -0.1) is 11.3 Å². The van der Waals surface area contributed by atoms with Gasteiger partial charge in [-0.3, -0.25) is 0 Å². The number of thiophene rings is 1. The predicted molar refractivity (Wildman–Crippen MR) is 256 cm³/mol. The molecule has 0 amide bonds. The summed E-state index contributed by atoms with van der Waals surface area (Å²) in [6.45, 7) is 0. The Balaban J connectivity index is 1.19. The molecule has 13 rings (SSSR count). The zero-order valence-electron chi connectivity index (χ0n) is 32.0. The van der Waals surface area contributed by atoms with Crippen LogP contribution in [0.1, 0.15) is 0 Å². The van der Waals surface area contributed by atoms with Crippen LogP contribution in [0.2, 0.25) is 0 Å². The van der Waals surface area contributed by atoms with Crippen molar-refractivity contribution in [3.63, 3.8) is 0 Å². The highest BCUT2D eigenvalue weighted by Gasteiger charge is 2.32. The lowest BCUT2D eigenvalue weighted by Crippen LogP contribution is -1.94. The minimum atomic E-state index is 1.23. The van der Waals surface area contributed by atoms with E-state index >= 15 is 0 Å². The van der Waals surface area contributed by atoms with E-state index in [1.807, 2.05) is 11.3 Å². The van der Waals surface area contributed by atoms with Crippen LogP contribution in [0.5, 0.6) is 0 Å². The van der Waals surface area contributed by atoms with Gasteiger partial charge in [0.1, 0.15) is 0 Å². The van der Waals surface area contributed by atoms with Gasteiger partial charge >= 0.3 is 0 Å². The van der Waals surface area contributed by atoms with E-state index in [2.05, 4.69) is 206 Å². The Bertz CT molecular complexity index is 3570. The van der Waals surface area contributed by atoms with Crippen molar-refractivity contribution in [3.8, 4) is 66.8 Å². The number of hydrogen-bond donors (Lipinski definition) is 0. The molecule has 1 aromatic heterocycles. The van der Waals surface area contributed by atoms with E-state index in [9.17, 15) is 0 Å². The molecule has 0 atom stereocenters. The summed E-state index contributed by atoms with van der Waals surface area (Å²) in [4.78, 5) is 0. The first-order chi connectivity index (χ1) is 29.3. The Kier molecular flexibility index (Phi) is 6.98. The summed E-state index contributed by atoms with van der Waals surface area (Å²) in [5.41, 5.74) is 15.4. The van der Waals surface area contributed by atoms with Gasteiger partial charge < -0.3 is 0 Å². The Hall–Kier alpha value is -7.32. The quantitative estimate of drug-likeness (QED) is 0.167.